The highest BCUT2D eigenvalue weighted by molar-refractivity contribution is 7.09. The van der Waals surface area contributed by atoms with Gasteiger partial charge >= 0.3 is 0 Å². The Bertz CT molecular complexity index is 431. The molecule has 2 atom stereocenters. The van der Waals surface area contributed by atoms with Gasteiger partial charge in [-0.2, -0.15) is 0 Å². The van der Waals surface area contributed by atoms with Gasteiger partial charge in [-0.15, -0.1) is 22.9 Å². The second-order valence-electron chi connectivity index (χ2n) is 6.02. The van der Waals surface area contributed by atoms with Crippen LogP contribution in [0.2, 0.25) is 0 Å². The zero-order chi connectivity index (χ0) is 13.9. The molecule has 2 unspecified atom stereocenters. The Morgan fingerprint density at radius 2 is 2.15 bits per heavy atom. The highest BCUT2D eigenvalue weighted by Gasteiger charge is 2.31. The van der Waals surface area contributed by atoms with Gasteiger partial charge in [-0.1, -0.05) is 6.42 Å². The number of hydrogen-bond donors (Lipinski definition) is 0. The molecule has 0 aliphatic carbocycles. The molecule has 1 aromatic heterocycles. The average Bonchev–Trinajstić information content (AvgIpc) is 3.17. The quantitative estimate of drug-likeness (QED) is 0.793. The molecule has 2 aliphatic heterocycles. The first-order valence-electron chi connectivity index (χ1n) is 7.76. The number of alkyl halides is 1. The highest BCUT2D eigenvalue weighted by Crippen LogP contribution is 2.29. The number of thiazole rings is 1. The molecule has 3 rings (SSSR count). The minimum absolute atomic E-state index is 0.437. The Kier molecular flexibility index (Phi) is 4.97. The van der Waals surface area contributed by atoms with Crippen molar-refractivity contribution >= 4 is 22.9 Å². The third-order valence-electron chi connectivity index (χ3n) is 4.71. The summed E-state index contributed by atoms with van der Waals surface area (Å²) in [6.07, 6.45) is 5.51. The molecule has 0 spiro atoms. The van der Waals surface area contributed by atoms with E-state index in [0.29, 0.717) is 11.9 Å². The molecule has 1 aromatic rings. The largest absolute Gasteiger partial charge is 0.299 e. The van der Waals surface area contributed by atoms with E-state index in [2.05, 4.69) is 27.1 Å². The molecule has 0 radical (unpaired) electrons. The summed E-state index contributed by atoms with van der Waals surface area (Å²) in [6, 6.07) is 1.21. The third kappa shape index (κ3) is 3.19. The molecule has 2 fully saturated rings. The lowest BCUT2D eigenvalue weighted by Crippen LogP contribution is -2.41. The summed E-state index contributed by atoms with van der Waals surface area (Å²) in [7, 11) is 0. The van der Waals surface area contributed by atoms with Gasteiger partial charge in [0.2, 0.25) is 0 Å². The lowest BCUT2D eigenvalue weighted by atomic mass is 10.1. The molecule has 0 bridgehead atoms. The van der Waals surface area contributed by atoms with Crippen LogP contribution in [0.4, 0.5) is 0 Å². The maximum absolute atomic E-state index is 5.85. The van der Waals surface area contributed by atoms with E-state index in [4.69, 9.17) is 11.6 Å². The highest BCUT2D eigenvalue weighted by atomic mass is 35.5. The standard InChI is InChI=1S/C15H24ClN3S/c1-12(15-17-13(9-16)11-20-15)19-8-5-14(10-19)18-6-3-2-4-7-18/h11-12,14H,2-10H2,1H3. The van der Waals surface area contributed by atoms with Crippen molar-refractivity contribution < 1.29 is 0 Å². The number of nitrogens with zero attached hydrogens (tertiary/aromatic N) is 3. The van der Waals surface area contributed by atoms with E-state index >= 15 is 0 Å². The summed E-state index contributed by atoms with van der Waals surface area (Å²) in [5, 5.41) is 3.32. The normalized spacial score (nSPS) is 27.0. The molecule has 5 heteroatoms. The molecule has 20 heavy (non-hydrogen) atoms. The summed E-state index contributed by atoms with van der Waals surface area (Å²) in [4.78, 5) is 9.95. The van der Waals surface area contributed by atoms with Crippen LogP contribution in [0.25, 0.3) is 0 Å². The Morgan fingerprint density at radius 1 is 1.35 bits per heavy atom. The Hall–Kier alpha value is -0.160. The second kappa shape index (κ2) is 6.73. The van der Waals surface area contributed by atoms with Crippen LogP contribution >= 0.6 is 22.9 Å². The molecule has 112 valence electrons. The number of aromatic nitrogens is 1. The first-order valence-corrected chi connectivity index (χ1v) is 9.17. The summed E-state index contributed by atoms with van der Waals surface area (Å²) in [6.45, 7) is 7.31. The summed E-state index contributed by atoms with van der Waals surface area (Å²) >= 11 is 7.61. The summed E-state index contributed by atoms with van der Waals surface area (Å²) in [5.41, 5.74) is 1.02. The maximum Gasteiger partial charge on any atom is 0.110 e. The zero-order valence-corrected chi connectivity index (χ0v) is 13.8. The molecule has 0 amide bonds. The fourth-order valence-corrected chi connectivity index (χ4v) is 4.57. The van der Waals surface area contributed by atoms with Gasteiger partial charge in [0.1, 0.15) is 5.01 Å². The maximum atomic E-state index is 5.85. The third-order valence-corrected chi connectivity index (χ3v) is 6.05. The van der Waals surface area contributed by atoms with Crippen LogP contribution in [0.5, 0.6) is 0 Å². The molecular formula is C15H24ClN3S. The Labute approximate surface area is 130 Å². The average molecular weight is 314 g/mol. The van der Waals surface area contributed by atoms with Gasteiger partial charge in [0.15, 0.2) is 0 Å². The van der Waals surface area contributed by atoms with Gasteiger partial charge in [0.25, 0.3) is 0 Å². The molecule has 3 nitrogen and oxygen atoms in total. The predicted octanol–water partition coefficient (Wildman–Crippen LogP) is 3.50. The van der Waals surface area contributed by atoms with E-state index in [9.17, 15) is 0 Å². The van der Waals surface area contributed by atoms with Crippen LogP contribution in [0, 0.1) is 0 Å². The molecule has 3 heterocycles. The van der Waals surface area contributed by atoms with Gasteiger partial charge in [0.05, 0.1) is 17.6 Å². The molecule has 0 N–H and O–H groups in total. The van der Waals surface area contributed by atoms with Crippen LogP contribution in [0.15, 0.2) is 5.38 Å². The first-order chi connectivity index (χ1) is 9.78. The minimum Gasteiger partial charge on any atom is -0.299 e. The van der Waals surface area contributed by atoms with Gasteiger partial charge in [-0.05, 0) is 39.3 Å². The predicted molar refractivity (Wildman–Crippen MR) is 85.5 cm³/mol. The van der Waals surface area contributed by atoms with Crippen LogP contribution < -0.4 is 0 Å². The van der Waals surface area contributed by atoms with Crippen LogP contribution in [-0.4, -0.2) is 47.0 Å². The SMILES string of the molecule is CC(c1nc(CCl)cs1)N1CCC(N2CCCCC2)C1. The number of halogens is 1. The second-order valence-corrected chi connectivity index (χ2v) is 7.18. The number of likely N-dealkylation sites (tertiary alicyclic amines) is 2. The number of rotatable bonds is 4. The van der Waals surface area contributed by atoms with Gasteiger partial charge in [-0.3, -0.25) is 9.80 Å². The van der Waals surface area contributed by atoms with E-state index in [0.717, 1.165) is 11.7 Å². The van der Waals surface area contributed by atoms with E-state index in [1.165, 1.54) is 56.9 Å². The fourth-order valence-electron chi connectivity index (χ4n) is 3.43. The van der Waals surface area contributed by atoms with Crippen molar-refractivity contribution in [2.24, 2.45) is 0 Å². The molecule has 2 aliphatic rings. The van der Waals surface area contributed by atoms with Gasteiger partial charge < -0.3 is 0 Å². The van der Waals surface area contributed by atoms with E-state index in [-0.39, 0.29) is 0 Å². The lowest BCUT2D eigenvalue weighted by molar-refractivity contribution is 0.154. The first kappa shape index (κ1) is 14.8. The summed E-state index contributed by atoms with van der Waals surface area (Å²) < 4.78 is 0. The van der Waals surface area contributed by atoms with Crippen LogP contribution in [0.1, 0.15) is 49.4 Å². The van der Waals surface area contributed by atoms with Crippen molar-refractivity contribution in [2.45, 2.75) is 50.6 Å². The van der Waals surface area contributed by atoms with Crippen molar-refractivity contribution in [2.75, 3.05) is 26.2 Å². The van der Waals surface area contributed by atoms with Crippen molar-refractivity contribution in [3.05, 3.63) is 16.1 Å². The van der Waals surface area contributed by atoms with Gasteiger partial charge in [0, 0.05) is 24.5 Å². The molecule has 0 aromatic carbocycles. The Morgan fingerprint density at radius 3 is 2.85 bits per heavy atom. The number of hydrogen-bond acceptors (Lipinski definition) is 4. The van der Waals surface area contributed by atoms with Crippen LogP contribution in [0.3, 0.4) is 0 Å². The molecule has 0 saturated carbocycles. The zero-order valence-electron chi connectivity index (χ0n) is 12.2. The van der Waals surface area contributed by atoms with Crippen molar-refractivity contribution in [1.29, 1.82) is 0 Å². The lowest BCUT2D eigenvalue weighted by Gasteiger charge is -2.32. The topological polar surface area (TPSA) is 19.4 Å². The monoisotopic (exact) mass is 313 g/mol. The minimum atomic E-state index is 0.437. The molecular weight excluding hydrogens is 290 g/mol. The van der Waals surface area contributed by atoms with Crippen molar-refractivity contribution in [3.63, 3.8) is 0 Å². The van der Waals surface area contributed by atoms with E-state index in [1.54, 1.807) is 11.3 Å². The Balaban J connectivity index is 1.58. The van der Waals surface area contributed by atoms with Crippen LogP contribution in [-0.2, 0) is 5.88 Å². The van der Waals surface area contributed by atoms with Crippen molar-refractivity contribution in [3.8, 4) is 0 Å². The van der Waals surface area contributed by atoms with E-state index in [1.807, 2.05) is 0 Å². The summed E-state index contributed by atoms with van der Waals surface area (Å²) in [5.74, 6) is 0.527. The van der Waals surface area contributed by atoms with Gasteiger partial charge in [-0.25, -0.2) is 4.98 Å². The van der Waals surface area contributed by atoms with E-state index < -0.39 is 0 Å². The van der Waals surface area contributed by atoms with Crippen molar-refractivity contribution in [1.82, 2.24) is 14.8 Å². The fraction of sp³-hybridized carbons (Fsp3) is 0.800. The smallest absolute Gasteiger partial charge is 0.110 e. The molecule has 2 saturated heterocycles. The number of piperidine rings is 1.